The molecular weight excluding hydrogens is 226 g/mol. The van der Waals surface area contributed by atoms with E-state index >= 15 is 0 Å². The standard InChI is InChI=1S/C8H9NO3.CH6N4/c1-5-8(12)7(4-11)6(3-10)2-9-5;2-1(3)5-4/h2,4,10,12H,3H2,1H3;4H2,(H4,2,3,5). The highest BCUT2D eigenvalue weighted by Crippen LogP contribution is 2.21. The molecule has 0 amide bonds. The van der Waals surface area contributed by atoms with E-state index in [9.17, 15) is 9.90 Å². The molecule has 0 aromatic carbocycles. The number of guanidine groups is 1. The summed E-state index contributed by atoms with van der Waals surface area (Å²) >= 11 is 0. The Morgan fingerprint density at radius 1 is 1.59 bits per heavy atom. The first kappa shape index (κ1) is 14.7. The third kappa shape index (κ3) is 4.34. The number of aldehydes is 1. The molecule has 0 saturated carbocycles. The van der Waals surface area contributed by atoms with Gasteiger partial charge < -0.3 is 27.5 Å². The van der Waals surface area contributed by atoms with Crippen molar-refractivity contribution in [3.8, 4) is 5.75 Å². The Morgan fingerprint density at radius 2 is 2.12 bits per heavy atom. The molecule has 1 heterocycles. The number of carbonyl (C=O) groups is 1. The summed E-state index contributed by atoms with van der Waals surface area (Å²) in [4.78, 5) is 14.2. The van der Waals surface area contributed by atoms with E-state index in [1.54, 1.807) is 6.92 Å². The second-order valence-corrected chi connectivity index (χ2v) is 2.96. The fourth-order valence-corrected chi connectivity index (χ4v) is 0.910. The highest BCUT2D eigenvalue weighted by molar-refractivity contribution is 5.81. The first-order valence-electron chi connectivity index (χ1n) is 4.50. The highest BCUT2D eigenvalue weighted by Gasteiger charge is 2.09. The monoisotopic (exact) mass is 241 g/mol. The summed E-state index contributed by atoms with van der Waals surface area (Å²) in [5.41, 5.74) is 10.2. The van der Waals surface area contributed by atoms with E-state index in [1.165, 1.54) is 6.20 Å². The lowest BCUT2D eigenvalue weighted by atomic mass is 10.1. The molecule has 1 rings (SSSR count). The van der Waals surface area contributed by atoms with Crippen LogP contribution in [0.2, 0.25) is 0 Å². The maximum atomic E-state index is 10.5. The predicted molar refractivity (Wildman–Crippen MR) is 61.9 cm³/mol. The topological polar surface area (TPSA) is 161 Å². The minimum absolute atomic E-state index is 0.0926. The molecule has 8 nitrogen and oxygen atoms in total. The summed E-state index contributed by atoms with van der Waals surface area (Å²) in [5, 5.41) is 20.9. The van der Waals surface area contributed by atoms with Crippen LogP contribution in [0.1, 0.15) is 21.6 Å². The van der Waals surface area contributed by atoms with Gasteiger partial charge in [-0.25, -0.2) is 0 Å². The van der Waals surface area contributed by atoms with Gasteiger partial charge in [0.25, 0.3) is 0 Å². The average Bonchev–Trinajstić information content (AvgIpc) is 2.33. The quantitative estimate of drug-likeness (QED) is 0.139. The number of aliphatic hydroxyl groups excluding tert-OH is 1. The van der Waals surface area contributed by atoms with Crippen molar-refractivity contribution in [2.75, 3.05) is 0 Å². The van der Waals surface area contributed by atoms with E-state index in [-0.39, 0.29) is 23.9 Å². The van der Waals surface area contributed by atoms with Crippen molar-refractivity contribution in [2.24, 2.45) is 22.4 Å². The SMILES string of the molecule is Cc1ncc(CO)c(C=O)c1O.NN=C(N)N. The van der Waals surface area contributed by atoms with E-state index < -0.39 is 0 Å². The molecule has 0 spiro atoms. The van der Waals surface area contributed by atoms with Crippen LogP contribution < -0.4 is 17.3 Å². The number of aromatic hydroxyl groups is 1. The van der Waals surface area contributed by atoms with Crippen molar-refractivity contribution in [2.45, 2.75) is 13.5 Å². The van der Waals surface area contributed by atoms with Gasteiger partial charge in [0.05, 0.1) is 17.9 Å². The van der Waals surface area contributed by atoms with Gasteiger partial charge in [0.2, 0.25) is 5.96 Å². The largest absolute Gasteiger partial charge is 0.505 e. The summed E-state index contributed by atoms with van der Waals surface area (Å²) in [6.07, 6.45) is 1.88. The van der Waals surface area contributed by atoms with E-state index in [4.69, 9.17) is 16.6 Å². The molecule has 1 aromatic heterocycles. The number of hydrogen-bond donors (Lipinski definition) is 5. The number of hydrazone groups is 1. The smallest absolute Gasteiger partial charge is 0.208 e. The van der Waals surface area contributed by atoms with Gasteiger partial charge in [0, 0.05) is 11.8 Å². The van der Waals surface area contributed by atoms with Crippen LogP contribution in [-0.4, -0.2) is 27.4 Å². The Hall–Kier alpha value is -2.35. The highest BCUT2D eigenvalue weighted by atomic mass is 16.3. The minimum atomic E-state index is -0.297. The lowest BCUT2D eigenvalue weighted by molar-refractivity contribution is 0.111. The van der Waals surface area contributed by atoms with Crippen LogP contribution in [0.3, 0.4) is 0 Å². The maximum absolute atomic E-state index is 10.5. The first-order valence-corrected chi connectivity index (χ1v) is 4.50. The normalized spacial score (nSPS) is 8.82. The number of rotatable bonds is 2. The molecular formula is C9H15N5O3. The Morgan fingerprint density at radius 3 is 2.47 bits per heavy atom. The number of aliphatic hydroxyl groups is 1. The fraction of sp³-hybridized carbons (Fsp3) is 0.222. The Balaban J connectivity index is 0.000000437. The van der Waals surface area contributed by atoms with Crippen molar-refractivity contribution < 1.29 is 15.0 Å². The van der Waals surface area contributed by atoms with Crippen LogP contribution in [0.25, 0.3) is 0 Å². The summed E-state index contributed by atoms with van der Waals surface area (Å²) in [6, 6.07) is 0. The molecule has 0 fully saturated rings. The second kappa shape index (κ2) is 7.01. The molecule has 94 valence electrons. The van der Waals surface area contributed by atoms with Crippen molar-refractivity contribution in [1.29, 1.82) is 0 Å². The number of hydrogen-bond acceptors (Lipinski definition) is 6. The van der Waals surface area contributed by atoms with E-state index in [0.29, 0.717) is 17.5 Å². The number of nitrogens with zero attached hydrogens (tertiary/aromatic N) is 2. The van der Waals surface area contributed by atoms with E-state index in [1.807, 2.05) is 0 Å². The van der Waals surface area contributed by atoms with Crippen molar-refractivity contribution in [1.82, 2.24) is 4.98 Å². The summed E-state index contributed by atoms with van der Waals surface area (Å²) < 4.78 is 0. The predicted octanol–water partition coefficient (Wildman–Crippen LogP) is -1.47. The number of aromatic nitrogens is 1. The van der Waals surface area contributed by atoms with Gasteiger partial charge >= 0.3 is 0 Å². The van der Waals surface area contributed by atoms with Gasteiger partial charge in [0.1, 0.15) is 5.75 Å². The van der Waals surface area contributed by atoms with Crippen LogP contribution in [0.5, 0.6) is 5.75 Å². The molecule has 8 N–H and O–H groups in total. The Bertz CT molecular complexity index is 415. The molecule has 0 radical (unpaired) electrons. The molecule has 0 aliphatic rings. The lowest BCUT2D eigenvalue weighted by Gasteiger charge is -2.04. The molecule has 0 aliphatic carbocycles. The number of nitrogens with two attached hydrogens (primary N) is 3. The summed E-state index contributed by atoms with van der Waals surface area (Å²) in [7, 11) is 0. The minimum Gasteiger partial charge on any atom is -0.505 e. The van der Waals surface area contributed by atoms with Gasteiger partial charge in [0.15, 0.2) is 6.29 Å². The lowest BCUT2D eigenvalue weighted by Crippen LogP contribution is -2.23. The third-order valence-electron chi connectivity index (χ3n) is 1.80. The number of carbonyl (C=O) groups excluding carboxylic acids is 1. The van der Waals surface area contributed by atoms with Crippen molar-refractivity contribution >= 4 is 12.2 Å². The summed E-state index contributed by atoms with van der Waals surface area (Å²) in [6.45, 7) is 1.29. The van der Waals surface area contributed by atoms with Gasteiger partial charge in [-0.3, -0.25) is 9.78 Å². The number of aryl methyl sites for hydroxylation is 1. The van der Waals surface area contributed by atoms with Crippen molar-refractivity contribution in [3.05, 3.63) is 23.0 Å². The maximum Gasteiger partial charge on any atom is 0.208 e. The zero-order valence-corrected chi connectivity index (χ0v) is 9.29. The van der Waals surface area contributed by atoms with Gasteiger partial charge in [-0.1, -0.05) is 0 Å². The molecule has 0 bridgehead atoms. The van der Waals surface area contributed by atoms with Gasteiger partial charge in [-0.15, -0.1) is 5.10 Å². The zero-order chi connectivity index (χ0) is 13.4. The van der Waals surface area contributed by atoms with Gasteiger partial charge in [-0.05, 0) is 6.92 Å². The average molecular weight is 241 g/mol. The zero-order valence-electron chi connectivity index (χ0n) is 9.29. The molecule has 0 atom stereocenters. The van der Waals surface area contributed by atoms with Crippen LogP contribution in [0.4, 0.5) is 0 Å². The molecule has 0 unspecified atom stereocenters. The molecule has 17 heavy (non-hydrogen) atoms. The Labute approximate surface area is 97.8 Å². The van der Waals surface area contributed by atoms with Crippen LogP contribution in [-0.2, 0) is 6.61 Å². The molecule has 0 aliphatic heterocycles. The summed E-state index contributed by atoms with van der Waals surface area (Å²) in [5.74, 6) is 4.26. The number of pyridine rings is 1. The van der Waals surface area contributed by atoms with Crippen LogP contribution in [0.15, 0.2) is 11.3 Å². The van der Waals surface area contributed by atoms with Crippen LogP contribution in [0, 0.1) is 6.92 Å². The first-order chi connectivity index (χ1) is 7.97. The van der Waals surface area contributed by atoms with Crippen molar-refractivity contribution in [3.63, 3.8) is 0 Å². The third-order valence-corrected chi connectivity index (χ3v) is 1.80. The molecule has 8 heteroatoms. The fourth-order valence-electron chi connectivity index (χ4n) is 0.910. The molecule has 0 saturated heterocycles. The molecule has 1 aromatic rings. The second-order valence-electron chi connectivity index (χ2n) is 2.96. The Kier molecular flexibility index (Phi) is 6.04. The van der Waals surface area contributed by atoms with Crippen LogP contribution >= 0.6 is 0 Å². The van der Waals surface area contributed by atoms with E-state index in [2.05, 4.69) is 15.9 Å². The van der Waals surface area contributed by atoms with Gasteiger partial charge in [-0.2, -0.15) is 0 Å². The van der Waals surface area contributed by atoms with E-state index in [0.717, 1.165) is 0 Å².